The van der Waals surface area contributed by atoms with Gasteiger partial charge in [-0.1, -0.05) is 24.3 Å². The number of ether oxygens (including phenoxy) is 1. The van der Waals surface area contributed by atoms with Gasteiger partial charge >= 0.3 is 0 Å². The highest BCUT2D eigenvalue weighted by molar-refractivity contribution is 7.12. The molecular formula is C23H21N3O4S. The normalized spacial score (nSPS) is 12.5. The van der Waals surface area contributed by atoms with Gasteiger partial charge in [-0.05, 0) is 41.8 Å². The van der Waals surface area contributed by atoms with Crippen LogP contribution in [0.1, 0.15) is 22.5 Å². The summed E-state index contributed by atoms with van der Waals surface area (Å²) in [4.78, 5) is 39.5. The Bertz CT molecular complexity index is 1100. The molecule has 0 radical (unpaired) electrons. The lowest BCUT2D eigenvalue weighted by Crippen LogP contribution is -2.38. The fourth-order valence-corrected chi connectivity index (χ4v) is 3.90. The fraction of sp³-hybridized carbons (Fsp3) is 0.174. The Kier molecular flexibility index (Phi) is 6.28. The molecule has 2 aromatic carbocycles. The molecule has 7 nitrogen and oxygen atoms in total. The number of nitrogens with zero attached hydrogens (tertiary/aromatic N) is 1. The number of hydrogen-bond acceptors (Lipinski definition) is 5. The highest BCUT2D eigenvalue weighted by atomic mass is 32.1. The van der Waals surface area contributed by atoms with Gasteiger partial charge in [-0.25, -0.2) is 0 Å². The van der Waals surface area contributed by atoms with Crippen molar-refractivity contribution >= 4 is 46.1 Å². The molecular weight excluding hydrogens is 414 g/mol. The maximum Gasteiger partial charge on any atom is 0.265 e. The second-order valence-corrected chi connectivity index (χ2v) is 7.87. The van der Waals surface area contributed by atoms with Crippen LogP contribution in [-0.2, 0) is 9.59 Å². The third kappa shape index (κ3) is 5.10. The monoisotopic (exact) mass is 435 g/mol. The molecule has 1 aliphatic heterocycles. The number of rotatable bonds is 6. The number of thiophene rings is 1. The number of amides is 3. The average Bonchev–Trinajstić information content (AvgIpc) is 3.32. The number of nitrogens with one attached hydrogen (secondary N) is 2. The highest BCUT2D eigenvalue weighted by Crippen LogP contribution is 2.31. The summed E-state index contributed by atoms with van der Waals surface area (Å²) in [6.07, 6.45) is 0.152. The fourth-order valence-electron chi connectivity index (χ4n) is 3.28. The first-order valence-electron chi connectivity index (χ1n) is 9.87. The maximum atomic E-state index is 12.6. The van der Waals surface area contributed by atoms with Crippen molar-refractivity contribution < 1.29 is 19.1 Å². The third-order valence-corrected chi connectivity index (χ3v) is 5.61. The first kappa shape index (κ1) is 20.6. The zero-order chi connectivity index (χ0) is 21.6. The first-order valence-corrected chi connectivity index (χ1v) is 10.7. The molecule has 0 saturated carbocycles. The summed E-state index contributed by atoms with van der Waals surface area (Å²) >= 11 is 1.36. The van der Waals surface area contributed by atoms with Crippen molar-refractivity contribution in [3.05, 3.63) is 70.9 Å². The molecule has 4 rings (SSSR count). The van der Waals surface area contributed by atoms with Crippen LogP contribution in [0.2, 0.25) is 0 Å². The smallest absolute Gasteiger partial charge is 0.265 e. The quantitative estimate of drug-likeness (QED) is 0.609. The zero-order valence-corrected chi connectivity index (χ0v) is 17.5. The minimum atomic E-state index is -0.267. The third-order valence-electron chi connectivity index (χ3n) is 4.74. The number of anilines is 3. The van der Waals surface area contributed by atoms with E-state index in [9.17, 15) is 14.4 Å². The molecule has 31 heavy (non-hydrogen) atoms. The van der Waals surface area contributed by atoms with Gasteiger partial charge in [0.1, 0.15) is 12.4 Å². The van der Waals surface area contributed by atoms with Crippen molar-refractivity contribution in [3.8, 4) is 5.75 Å². The number of fused-ring (bicyclic) bond motifs is 1. The van der Waals surface area contributed by atoms with Crippen LogP contribution in [-0.4, -0.2) is 30.9 Å². The van der Waals surface area contributed by atoms with Gasteiger partial charge in [-0.2, -0.15) is 0 Å². The molecule has 0 fully saturated rings. The standard InChI is InChI=1S/C23H21N3O4S/c27-21(10-11-22(28)26-12-13-30-19-8-2-1-7-18(19)26)24-16-5-3-6-17(15-16)25-23(29)20-9-4-14-31-20/h1-9,14-15H,10-13H2,(H,24,27)(H,25,29). The molecule has 2 heterocycles. The van der Waals surface area contributed by atoms with E-state index in [1.54, 1.807) is 35.2 Å². The van der Waals surface area contributed by atoms with Crippen LogP contribution in [0.4, 0.5) is 17.1 Å². The predicted molar refractivity (Wildman–Crippen MR) is 121 cm³/mol. The van der Waals surface area contributed by atoms with E-state index in [1.165, 1.54) is 11.3 Å². The van der Waals surface area contributed by atoms with Gasteiger partial charge in [-0.3, -0.25) is 14.4 Å². The number of benzene rings is 2. The topological polar surface area (TPSA) is 87.7 Å². The molecule has 2 N–H and O–H groups in total. The van der Waals surface area contributed by atoms with E-state index >= 15 is 0 Å². The van der Waals surface area contributed by atoms with E-state index in [-0.39, 0.29) is 30.6 Å². The Balaban J connectivity index is 1.31. The van der Waals surface area contributed by atoms with E-state index in [0.717, 1.165) is 5.69 Å². The van der Waals surface area contributed by atoms with Crippen molar-refractivity contribution in [2.24, 2.45) is 0 Å². The lowest BCUT2D eigenvalue weighted by atomic mass is 10.2. The Morgan fingerprint density at radius 3 is 2.55 bits per heavy atom. The van der Waals surface area contributed by atoms with Crippen LogP contribution in [0.5, 0.6) is 5.75 Å². The van der Waals surface area contributed by atoms with Gasteiger partial charge in [0.25, 0.3) is 5.91 Å². The molecule has 0 saturated heterocycles. The molecule has 1 aliphatic rings. The summed E-state index contributed by atoms with van der Waals surface area (Å²) in [6.45, 7) is 0.891. The van der Waals surface area contributed by atoms with E-state index in [2.05, 4.69) is 10.6 Å². The first-order chi connectivity index (χ1) is 15.1. The van der Waals surface area contributed by atoms with Crippen LogP contribution < -0.4 is 20.3 Å². The van der Waals surface area contributed by atoms with Gasteiger partial charge in [0, 0.05) is 24.2 Å². The van der Waals surface area contributed by atoms with Gasteiger partial charge in [0.05, 0.1) is 17.1 Å². The lowest BCUT2D eigenvalue weighted by Gasteiger charge is -2.29. The molecule has 0 atom stereocenters. The predicted octanol–water partition coefficient (Wildman–Crippen LogP) is 4.14. The Labute approximate surface area is 183 Å². The average molecular weight is 436 g/mol. The number of carbonyl (C=O) groups is 3. The Hall–Kier alpha value is -3.65. The summed E-state index contributed by atoms with van der Waals surface area (Å²) in [7, 11) is 0. The molecule has 0 spiro atoms. The van der Waals surface area contributed by atoms with Crippen molar-refractivity contribution in [1.29, 1.82) is 0 Å². The summed E-state index contributed by atoms with van der Waals surface area (Å²) in [5, 5.41) is 7.43. The van der Waals surface area contributed by atoms with Crippen molar-refractivity contribution in [2.45, 2.75) is 12.8 Å². The molecule has 0 aliphatic carbocycles. The Morgan fingerprint density at radius 2 is 1.74 bits per heavy atom. The Morgan fingerprint density at radius 1 is 0.935 bits per heavy atom. The molecule has 0 bridgehead atoms. The van der Waals surface area contributed by atoms with Crippen LogP contribution in [0.3, 0.4) is 0 Å². The van der Waals surface area contributed by atoms with E-state index in [0.29, 0.717) is 35.2 Å². The summed E-state index contributed by atoms with van der Waals surface area (Å²) < 4.78 is 5.57. The van der Waals surface area contributed by atoms with Gasteiger partial charge in [-0.15, -0.1) is 11.3 Å². The van der Waals surface area contributed by atoms with Crippen LogP contribution >= 0.6 is 11.3 Å². The summed E-state index contributed by atoms with van der Waals surface area (Å²) in [6, 6.07) is 17.8. The molecule has 3 aromatic rings. The number of hydrogen-bond donors (Lipinski definition) is 2. The molecule has 1 aromatic heterocycles. The number of carbonyl (C=O) groups excluding carboxylic acids is 3. The SMILES string of the molecule is O=C(CCC(=O)N1CCOc2ccccc21)Nc1cccc(NC(=O)c2cccs2)c1. The summed E-state index contributed by atoms with van der Waals surface area (Å²) in [5.74, 6) is 0.0855. The maximum absolute atomic E-state index is 12.6. The minimum Gasteiger partial charge on any atom is -0.490 e. The summed E-state index contributed by atoms with van der Waals surface area (Å²) in [5.41, 5.74) is 1.86. The molecule has 3 amide bonds. The molecule has 0 unspecified atom stereocenters. The minimum absolute atomic E-state index is 0.0597. The second kappa shape index (κ2) is 9.44. The van der Waals surface area contributed by atoms with Crippen molar-refractivity contribution in [3.63, 3.8) is 0 Å². The van der Waals surface area contributed by atoms with Gasteiger partial charge in [0.15, 0.2) is 0 Å². The largest absolute Gasteiger partial charge is 0.490 e. The van der Waals surface area contributed by atoms with Gasteiger partial charge in [0.2, 0.25) is 11.8 Å². The van der Waals surface area contributed by atoms with Crippen LogP contribution in [0, 0.1) is 0 Å². The zero-order valence-electron chi connectivity index (χ0n) is 16.7. The van der Waals surface area contributed by atoms with Crippen LogP contribution in [0.25, 0.3) is 0 Å². The molecule has 8 heteroatoms. The van der Waals surface area contributed by atoms with E-state index in [1.807, 2.05) is 35.7 Å². The van der Waals surface area contributed by atoms with Gasteiger partial charge < -0.3 is 20.3 Å². The van der Waals surface area contributed by atoms with E-state index in [4.69, 9.17) is 4.74 Å². The highest BCUT2D eigenvalue weighted by Gasteiger charge is 2.23. The number of para-hydroxylation sites is 2. The van der Waals surface area contributed by atoms with Crippen molar-refractivity contribution in [1.82, 2.24) is 0 Å². The van der Waals surface area contributed by atoms with E-state index < -0.39 is 0 Å². The van der Waals surface area contributed by atoms with Crippen LogP contribution in [0.15, 0.2) is 66.0 Å². The van der Waals surface area contributed by atoms with Crippen molar-refractivity contribution in [2.75, 3.05) is 28.7 Å². The molecule has 158 valence electrons. The lowest BCUT2D eigenvalue weighted by molar-refractivity contribution is -0.122. The second-order valence-electron chi connectivity index (χ2n) is 6.92.